The molecular formula is C15H12N2O3. The van der Waals surface area contributed by atoms with Gasteiger partial charge in [-0.3, -0.25) is 10.1 Å². The molecule has 0 fully saturated rings. The summed E-state index contributed by atoms with van der Waals surface area (Å²) in [6, 6.07) is 12.8. The number of benzene rings is 2. The zero-order valence-corrected chi connectivity index (χ0v) is 10.8. The van der Waals surface area contributed by atoms with E-state index < -0.39 is 0 Å². The normalized spacial score (nSPS) is 10.7. The van der Waals surface area contributed by atoms with E-state index in [0.29, 0.717) is 5.52 Å². The van der Waals surface area contributed by atoms with E-state index in [1.54, 1.807) is 19.4 Å². The third kappa shape index (κ3) is 1.89. The lowest BCUT2D eigenvalue weighted by molar-refractivity contribution is -0.383. The van der Waals surface area contributed by atoms with Gasteiger partial charge >= 0.3 is 0 Å². The van der Waals surface area contributed by atoms with E-state index in [9.17, 15) is 10.1 Å². The highest BCUT2D eigenvalue weighted by Gasteiger charge is 2.16. The summed E-state index contributed by atoms with van der Waals surface area (Å²) < 4.78 is 5.22. The third-order valence-corrected chi connectivity index (χ3v) is 3.28. The number of ether oxygens (including phenoxy) is 1. The number of fused-ring (bicyclic) bond motifs is 1. The molecule has 5 heteroatoms. The number of nitro benzene ring substituents is 1. The Hall–Kier alpha value is -2.82. The van der Waals surface area contributed by atoms with Crippen molar-refractivity contribution in [1.29, 1.82) is 0 Å². The summed E-state index contributed by atoms with van der Waals surface area (Å²) in [6.07, 6.45) is 1.71. The Morgan fingerprint density at radius 3 is 2.80 bits per heavy atom. The minimum absolute atomic E-state index is 0.0802. The van der Waals surface area contributed by atoms with E-state index in [1.807, 2.05) is 30.3 Å². The maximum Gasteiger partial charge on any atom is 0.293 e. The van der Waals surface area contributed by atoms with Gasteiger partial charge in [-0.15, -0.1) is 0 Å². The van der Waals surface area contributed by atoms with Crippen LogP contribution < -0.4 is 4.74 Å². The van der Waals surface area contributed by atoms with Gasteiger partial charge in [-0.25, -0.2) is 0 Å². The molecule has 100 valence electrons. The van der Waals surface area contributed by atoms with Crippen molar-refractivity contribution in [3.63, 3.8) is 0 Å². The fraction of sp³-hybridized carbons (Fsp3) is 0.0667. The third-order valence-electron chi connectivity index (χ3n) is 3.28. The quantitative estimate of drug-likeness (QED) is 0.581. The second-order valence-corrected chi connectivity index (χ2v) is 4.39. The van der Waals surface area contributed by atoms with Gasteiger partial charge in [-0.2, -0.15) is 0 Å². The maximum absolute atomic E-state index is 11.0. The molecule has 3 rings (SSSR count). The Labute approximate surface area is 115 Å². The van der Waals surface area contributed by atoms with E-state index in [2.05, 4.69) is 4.98 Å². The average molecular weight is 268 g/mol. The van der Waals surface area contributed by atoms with E-state index in [4.69, 9.17) is 4.74 Å². The summed E-state index contributed by atoms with van der Waals surface area (Å²) in [7, 11) is 1.61. The molecule has 0 bridgehead atoms. The highest BCUT2D eigenvalue weighted by atomic mass is 16.6. The SMILES string of the molecule is COc1cccc(-c2ccc([N+](=O)[O-])c3[nH]ccc23)c1. The van der Waals surface area contributed by atoms with Crippen molar-refractivity contribution in [3.8, 4) is 16.9 Å². The van der Waals surface area contributed by atoms with Crippen molar-refractivity contribution >= 4 is 16.6 Å². The maximum atomic E-state index is 11.0. The highest BCUT2D eigenvalue weighted by molar-refractivity contribution is 5.99. The molecule has 5 nitrogen and oxygen atoms in total. The molecule has 0 saturated carbocycles. The molecule has 2 aromatic carbocycles. The minimum atomic E-state index is -0.381. The van der Waals surface area contributed by atoms with Gasteiger partial charge in [0.05, 0.1) is 12.0 Å². The molecule has 0 amide bonds. The van der Waals surface area contributed by atoms with E-state index in [0.717, 1.165) is 22.3 Å². The number of nitrogens with one attached hydrogen (secondary N) is 1. The van der Waals surface area contributed by atoms with Crippen molar-refractivity contribution in [3.05, 3.63) is 58.8 Å². The second-order valence-electron chi connectivity index (χ2n) is 4.39. The smallest absolute Gasteiger partial charge is 0.293 e. The lowest BCUT2D eigenvalue weighted by Gasteiger charge is -2.06. The molecule has 0 atom stereocenters. The first-order valence-electron chi connectivity index (χ1n) is 6.09. The van der Waals surface area contributed by atoms with Crippen LogP contribution in [0.5, 0.6) is 5.75 Å². The number of hydrogen-bond donors (Lipinski definition) is 1. The Balaban J connectivity index is 2.24. The molecule has 3 aromatic rings. The first-order valence-corrected chi connectivity index (χ1v) is 6.09. The van der Waals surface area contributed by atoms with Crippen LogP contribution >= 0.6 is 0 Å². The largest absolute Gasteiger partial charge is 0.497 e. The molecule has 0 radical (unpaired) electrons. The Morgan fingerprint density at radius 1 is 1.20 bits per heavy atom. The van der Waals surface area contributed by atoms with Crippen LogP contribution in [0.1, 0.15) is 0 Å². The Morgan fingerprint density at radius 2 is 2.05 bits per heavy atom. The topological polar surface area (TPSA) is 68.2 Å². The van der Waals surface area contributed by atoms with Crippen LogP contribution in [0.15, 0.2) is 48.7 Å². The monoisotopic (exact) mass is 268 g/mol. The number of non-ortho nitro benzene ring substituents is 1. The van der Waals surface area contributed by atoms with Gasteiger partial charge in [0, 0.05) is 17.6 Å². The van der Waals surface area contributed by atoms with Crippen LogP contribution in [0.3, 0.4) is 0 Å². The lowest BCUT2D eigenvalue weighted by atomic mass is 10.0. The van der Waals surface area contributed by atoms with Crippen molar-refractivity contribution in [2.75, 3.05) is 7.11 Å². The van der Waals surface area contributed by atoms with E-state index in [1.165, 1.54) is 6.07 Å². The summed E-state index contributed by atoms with van der Waals surface area (Å²) in [6.45, 7) is 0. The Kier molecular flexibility index (Phi) is 2.87. The number of rotatable bonds is 3. The molecule has 0 unspecified atom stereocenters. The van der Waals surface area contributed by atoms with Gasteiger partial charge < -0.3 is 9.72 Å². The first-order chi connectivity index (χ1) is 9.70. The van der Waals surface area contributed by atoms with Crippen LogP contribution in [0.2, 0.25) is 0 Å². The Bertz CT molecular complexity index is 793. The second kappa shape index (κ2) is 4.70. The minimum Gasteiger partial charge on any atom is -0.497 e. The number of hydrogen-bond acceptors (Lipinski definition) is 3. The molecule has 1 heterocycles. The van der Waals surface area contributed by atoms with Crippen molar-refractivity contribution in [2.45, 2.75) is 0 Å². The molecule has 0 spiro atoms. The molecular weight excluding hydrogens is 256 g/mol. The fourth-order valence-corrected chi connectivity index (χ4v) is 2.34. The summed E-state index contributed by atoms with van der Waals surface area (Å²) in [4.78, 5) is 13.6. The average Bonchev–Trinajstić information content (AvgIpc) is 2.95. The number of nitro groups is 1. The molecule has 1 aromatic heterocycles. The number of aromatic nitrogens is 1. The first kappa shape index (κ1) is 12.2. The highest BCUT2D eigenvalue weighted by Crippen LogP contribution is 2.34. The van der Waals surface area contributed by atoms with Gasteiger partial charge in [0.2, 0.25) is 0 Å². The predicted molar refractivity (Wildman–Crippen MR) is 76.9 cm³/mol. The standard InChI is InChI=1S/C15H12N2O3/c1-20-11-4-2-3-10(9-11)12-5-6-14(17(18)19)15-13(12)7-8-16-15/h2-9,16H,1H3. The lowest BCUT2D eigenvalue weighted by Crippen LogP contribution is -1.90. The van der Waals surface area contributed by atoms with E-state index in [-0.39, 0.29) is 10.6 Å². The number of aromatic amines is 1. The van der Waals surface area contributed by atoms with Crippen molar-refractivity contribution in [1.82, 2.24) is 4.98 Å². The summed E-state index contributed by atoms with van der Waals surface area (Å²) >= 11 is 0. The number of nitrogens with zero attached hydrogens (tertiary/aromatic N) is 1. The van der Waals surface area contributed by atoms with Gasteiger partial charge in [-0.05, 0) is 35.4 Å². The van der Waals surface area contributed by atoms with Gasteiger partial charge in [0.1, 0.15) is 11.3 Å². The van der Waals surface area contributed by atoms with Gasteiger partial charge in [-0.1, -0.05) is 12.1 Å². The summed E-state index contributed by atoms with van der Waals surface area (Å²) in [5.74, 6) is 0.754. The molecule has 20 heavy (non-hydrogen) atoms. The number of H-pyrrole nitrogens is 1. The van der Waals surface area contributed by atoms with Crippen molar-refractivity contribution < 1.29 is 9.66 Å². The molecule has 0 saturated heterocycles. The summed E-state index contributed by atoms with van der Waals surface area (Å²) in [5, 5.41) is 11.9. The zero-order valence-electron chi connectivity index (χ0n) is 10.8. The molecule has 0 aliphatic rings. The zero-order chi connectivity index (χ0) is 14.1. The van der Waals surface area contributed by atoms with Gasteiger partial charge in [0.25, 0.3) is 5.69 Å². The van der Waals surface area contributed by atoms with Crippen LogP contribution in [0, 0.1) is 10.1 Å². The summed E-state index contributed by atoms with van der Waals surface area (Å²) in [5.41, 5.74) is 2.52. The van der Waals surface area contributed by atoms with Crippen LogP contribution in [0.25, 0.3) is 22.0 Å². The molecule has 0 aliphatic carbocycles. The number of methoxy groups -OCH3 is 1. The van der Waals surface area contributed by atoms with Gasteiger partial charge in [0.15, 0.2) is 0 Å². The molecule has 0 aliphatic heterocycles. The predicted octanol–water partition coefficient (Wildman–Crippen LogP) is 3.75. The molecule has 1 N–H and O–H groups in total. The van der Waals surface area contributed by atoms with Crippen LogP contribution in [0.4, 0.5) is 5.69 Å². The fourth-order valence-electron chi connectivity index (χ4n) is 2.34. The van der Waals surface area contributed by atoms with E-state index >= 15 is 0 Å². The van der Waals surface area contributed by atoms with Crippen LogP contribution in [-0.2, 0) is 0 Å². The van der Waals surface area contributed by atoms with Crippen LogP contribution in [-0.4, -0.2) is 17.0 Å². The van der Waals surface area contributed by atoms with Crippen molar-refractivity contribution in [2.24, 2.45) is 0 Å².